The number of ether oxygens (including phenoxy) is 8. The van der Waals surface area contributed by atoms with Gasteiger partial charge in [-0.3, -0.25) is 0 Å². The summed E-state index contributed by atoms with van der Waals surface area (Å²) < 4.78 is 43.6. The second-order valence-corrected chi connectivity index (χ2v) is 5.94. The highest BCUT2D eigenvalue weighted by Crippen LogP contribution is 2.53. The lowest BCUT2D eigenvalue weighted by atomic mass is 9.97. The number of aliphatic hydroxyl groups is 1. The molecule has 0 fully saturated rings. The SMILES string of the molecule is COc1cc(C(O)c2cc(OC)c(OC)c(OC)c2OC)c(OC)c(OC)c1OC. The molecule has 0 aliphatic rings. The zero-order valence-electron chi connectivity index (χ0n) is 18.4. The number of rotatable bonds is 10. The monoisotopic (exact) mass is 424 g/mol. The Bertz CT molecular complexity index is 808. The minimum atomic E-state index is -1.22. The molecule has 9 nitrogen and oxygen atoms in total. The normalized spacial score (nSPS) is 10.5. The van der Waals surface area contributed by atoms with Crippen molar-refractivity contribution in [1.29, 1.82) is 0 Å². The Morgan fingerprint density at radius 2 is 0.767 bits per heavy atom. The van der Waals surface area contributed by atoms with Crippen LogP contribution in [0.5, 0.6) is 46.0 Å². The van der Waals surface area contributed by atoms with Crippen LogP contribution >= 0.6 is 0 Å². The van der Waals surface area contributed by atoms with E-state index < -0.39 is 6.10 Å². The molecule has 0 aliphatic carbocycles. The summed E-state index contributed by atoms with van der Waals surface area (Å²) in [5, 5.41) is 11.4. The Morgan fingerprint density at radius 1 is 0.467 bits per heavy atom. The fourth-order valence-corrected chi connectivity index (χ4v) is 3.29. The molecule has 0 bridgehead atoms. The van der Waals surface area contributed by atoms with Crippen molar-refractivity contribution in [3.8, 4) is 46.0 Å². The first-order chi connectivity index (χ1) is 14.5. The van der Waals surface area contributed by atoms with E-state index in [1.165, 1.54) is 56.9 Å². The molecular formula is C21H28O9. The number of benzene rings is 2. The summed E-state index contributed by atoms with van der Waals surface area (Å²) in [7, 11) is 11.8. The Morgan fingerprint density at radius 3 is 1.00 bits per heavy atom. The molecule has 2 aromatic rings. The van der Waals surface area contributed by atoms with Gasteiger partial charge in [-0.1, -0.05) is 0 Å². The zero-order valence-corrected chi connectivity index (χ0v) is 18.4. The van der Waals surface area contributed by atoms with Crippen molar-refractivity contribution in [3.05, 3.63) is 23.3 Å². The molecule has 2 aromatic carbocycles. The van der Waals surface area contributed by atoms with E-state index >= 15 is 0 Å². The van der Waals surface area contributed by atoms with Crippen molar-refractivity contribution in [2.24, 2.45) is 0 Å². The van der Waals surface area contributed by atoms with Gasteiger partial charge in [0, 0.05) is 11.1 Å². The first kappa shape index (κ1) is 23.1. The first-order valence-electron chi connectivity index (χ1n) is 8.89. The van der Waals surface area contributed by atoms with Crippen LogP contribution in [0.15, 0.2) is 12.1 Å². The largest absolute Gasteiger partial charge is 0.493 e. The summed E-state index contributed by atoms with van der Waals surface area (Å²) in [6.07, 6.45) is -1.22. The van der Waals surface area contributed by atoms with Crippen LogP contribution < -0.4 is 37.9 Å². The molecule has 0 aromatic heterocycles. The van der Waals surface area contributed by atoms with E-state index in [0.717, 1.165) is 0 Å². The number of methoxy groups -OCH3 is 8. The van der Waals surface area contributed by atoms with Crippen LogP contribution in [0.1, 0.15) is 17.2 Å². The second kappa shape index (κ2) is 10.0. The van der Waals surface area contributed by atoms with Crippen molar-refractivity contribution in [2.45, 2.75) is 6.10 Å². The van der Waals surface area contributed by atoms with Crippen molar-refractivity contribution < 1.29 is 43.0 Å². The molecule has 9 heteroatoms. The molecule has 0 radical (unpaired) electrons. The van der Waals surface area contributed by atoms with E-state index in [1.807, 2.05) is 0 Å². The third kappa shape index (κ3) is 3.80. The Hall–Kier alpha value is -3.20. The lowest BCUT2D eigenvalue weighted by molar-refractivity contribution is 0.203. The molecule has 30 heavy (non-hydrogen) atoms. The van der Waals surface area contributed by atoms with Gasteiger partial charge in [-0.2, -0.15) is 0 Å². The van der Waals surface area contributed by atoms with Gasteiger partial charge in [0.05, 0.1) is 56.9 Å². The summed E-state index contributed by atoms with van der Waals surface area (Å²) in [6.45, 7) is 0. The van der Waals surface area contributed by atoms with Crippen LogP contribution in [-0.4, -0.2) is 62.0 Å². The number of aliphatic hydroxyl groups excluding tert-OH is 1. The quantitative estimate of drug-likeness (QED) is 0.618. The molecule has 0 heterocycles. The topological polar surface area (TPSA) is 94.1 Å². The highest BCUT2D eigenvalue weighted by molar-refractivity contribution is 5.68. The molecule has 0 unspecified atom stereocenters. The van der Waals surface area contributed by atoms with Crippen molar-refractivity contribution in [1.82, 2.24) is 0 Å². The summed E-state index contributed by atoms with van der Waals surface area (Å²) in [5.41, 5.74) is 0.721. The molecule has 166 valence electrons. The van der Waals surface area contributed by atoms with Gasteiger partial charge >= 0.3 is 0 Å². The summed E-state index contributed by atoms with van der Waals surface area (Å²) in [4.78, 5) is 0. The molecule has 0 atom stereocenters. The third-order valence-corrected chi connectivity index (χ3v) is 4.62. The summed E-state index contributed by atoms with van der Waals surface area (Å²) >= 11 is 0. The van der Waals surface area contributed by atoms with Crippen molar-refractivity contribution in [2.75, 3.05) is 56.9 Å². The van der Waals surface area contributed by atoms with Gasteiger partial charge in [0.25, 0.3) is 0 Å². The van der Waals surface area contributed by atoms with E-state index in [-0.39, 0.29) is 23.0 Å². The lowest BCUT2D eigenvalue weighted by Crippen LogP contribution is -2.09. The Kier molecular flexibility index (Phi) is 7.71. The fraction of sp³-hybridized carbons (Fsp3) is 0.429. The van der Waals surface area contributed by atoms with Gasteiger partial charge in [-0.05, 0) is 12.1 Å². The minimum Gasteiger partial charge on any atom is -0.493 e. The fourth-order valence-electron chi connectivity index (χ4n) is 3.29. The smallest absolute Gasteiger partial charge is 0.207 e. The maximum Gasteiger partial charge on any atom is 0.207 e. The highest BCUT2D eigenvalue weighted by atomic mass is 16.6. The second-order valence-electron chi connectivity index (χ2n) is 5.94. The van der Waals surface area contributed by atoms with E-state index in [9.17, 15) is 5.11 Å². The van der Waals surface area contributed by atoms with Gasteiger partial charge in [0.15, 0.2) is 23.0 Å². The van der Waals surface area contributed by atoms with E-state index in [4.69, 9.17) is 37.9 Å². The predicted molar refractivity (Wildman–Crippen MR) is 109 cm³/mol. The molecule has 0 saturated heterocycles. The number of hydrogen-bond donors (Lipinski definition) is 1. The third-order valence-electron chi connectivity index (χ3n) is 4.62. The van der Waals surface area contributed by atoms with Crippen LogP contribution in [0, 0.1) is 0 Å². The summed E-state index contributed by atoms with van der Waals surface area (Å²) in [6, 6.07) is 3.21. The predicted octanol–water partition coefficient (Wildman–Crippen LogP) is 2.84. The molecule has 0 saturated carbocycles. The molecule has 0 spiro atoms. The van der Waals surface area contributed by atoms with Gasteiger partial charge in [-0.15, -0.1) is 0 Å². The van der Waals surface area contributed by atoms with Crippen LogP contribution in [0.4, 0.5) is 0 Å². The number of hydrogen-bond acceptors (Lipinski definition) is 9. The first-order valence-corrected chi connectivity index (χ1v) is 8.89. The van der Waals surface area contributed by atoms with E-state index in [0.29, 0.717) is 34.1 Å². The van der Waals surface area contributed by atoms with E-state index in [2.05, 4.69) is 0 Å². The maximum absolute atomic E-state index is 11.4. The van der Waals surface area contributed by atoms with Crippen LogP contribution in [-0.2, 0) is 0 Å². The average Bonchev–Trinajstić information content (AvgIpc) is 2.79. The minimum absolute atomic E-state index is 0.276. The molecule has 2 rings (SSSR count). The van der Waals surface area contributed by atoms with Crippen LogP contribution in [0.2, 0.25) is 0 Å². The highest BCUT2D eigenvalue weighted by Gasteiger charge is 2.31. The molecule has 1 N–H and O–H groups in total. The van der Waals surface area contributed by atoms with Crippen molar-refractivity contribution in [3.63, 3.8) is 0 Å². The zero-order chi connectivity index (χ0) is 22.4. The maximum atomic E-state index is 11.4. The molecule has 0 aliphatic heterocycles. The molecular weight excluding hydrogens is 396 g/mol. The molecule has 0 amide bonds. The van der Waals surface area contributed by atoms with Crippen LogP contribution in [0.3, 0.4) is 0 Å². The van der Waals surface area contributed by atoms with Gasteiger partial charge in [0.1, 0.15) is 6.10 Å². The lowest BCUT2D eigenvalue weighted by Gasteiger charge is -2.24. The van der Waals surface area contributed by atoms with Crippen LogP contribution in [0.25, 0.3) is 0 Å². The average molecular weight is 424 g/mol. The van der Waals surface area contributed by atoms with E-state index in [1.54, 1.807) is 12.1 Å². The van der Waals surface area contributed by atoms with Gasteiger partial charge in [0.2, 0.25) is 23.0 Å². The standard InChI is InChI=1S/C21H28O9/c1-23-13-9-11(16(25-3)20(29-7)18(13)27-5)15(22)12-10-14(24-2)19(28-6)21(30-8)17(12)26-4/h9-10,15,22H,1-8H3. The summed E-state index contributed by atoms with van der Waals surface area (Å²) in [5.74, 6) is 2.50. The van der Waals surface area contributed by atoms with Crippen molar-refractivity contribution >= 4 is 0 Å². The van der Waals surface area contributed by atoms with Gasteiger partial charge < -0.3 is 43.0 Å². The Labute approximate surface area is 175 Å². The van der Waals surface area contributed by atoms with Gasteiger partial charge in [-0.25, -0.2) is 0 Å². The Balaban J connectivity index is 2.84.